The van der Waals surface area contributed by atoms with Crippen molar-refractivity contribution < 1.29 is 23.5 Å². The zero-order valence-corrected chi connectivity index (χ0v) is 17.5. The number of nitrogens with zero attached hydrogens (tertiary/aromatic N) is 3. The summed E-state index contributed by atoms with van der Waals surface area (Å²) in [7, 11) is 1.43. The van der Waals surface area contributed by atoms with Crippen molar-refractivity contribution in [2.24, 2.45) is 0 Å². The van der Waals surface area contributed by atoms with Crippen molar-refractivity contribution in [2.45, 2.75) is 12.5 Å². The van der Waals surface area contributed by atoms with E-state index in [-0.39, 0.29) is 35.1 Å². The molecule has 3 aromatic rings. The van der Waals surface area contributed by atoms with E-state index in [9.17, 15) is 14.0 Å². The first kappa shape index (κ1) is 21.4. The minimum Gasteiger partial charge on any atom is -0.491 e. The summed E-state index contributed by atoms with van der Waals surface area (Å²) in [5, 5.41) is 5.96. The molecule has 9 nitrogen and oxygen atoms in total. The first-order valence-electron chi connectivity index (χ1n) is 9.51. The SMILES string of the molecule is COc1cnc(-c2cc(Cl)ccc2F)nc1Nc1ccncc1C(=O)N[C@@H]1CCOC1=O. The normalized spacial score (nSPS) is 15.2. The van der Waals surface area contributed by atoms with E-state index in [4.69, 9.17) is 21.1 Å². The average molecular weight is 458 g/mol. The highest BCUT2D eigenvalue weighted by Crippen LogP contribution is 2.30. The van der Waals surface area contributed by atoms with Crippen LogP contribution in [0.3, 0.4) is 0 Å². The van der Waals surface area contributed by atoms with E-state index in [2.05, 4.69) is 25.6 Å². The fraction of sp³-hybridized carbons (Fsp3) is 0.190. The molecule has 3 heterocycles. The van der Waals surface area contributed by atoms with Gasteiger partial charge in [-0.05, 0) is 24.3 Å². The summed E-state index contributed by atoms with van der Waals surface area (Å²) in [5.41, 5.74) is 0.623. The molecule has 1 aliphatic heterocycles. The molecule has 0 spiro atoms. The first-order valence-corrected chi connectivity index (χ1v) is 9.89. The molecule has 1 atom stereocenters. The minimum absolute atomic E-state index is 0.0714. The molecular weight excluding hydrogens is 441 g/mol. The van der Waals surface area contributed by atoms with Crippen molar-refractivity contribution in [3.05, 3.63) is 59.3 Å². The highest BCUT2D eigenvalue weighted by molar-refractivity contribution is 6.30. The monoisotopic (exact) mass is 457 g/mol. The van der Waals surface area contributed by atoms with Gasteiger partial charge >= 0.3 is 5.97 Å². The molecule has 2 N–H and O–H groups in total. The number of nitrogens with one attached hydrogen (secondary N) is 2. The van der Waals surface area contributed by atoms with Crippen LogP contribution in [0.25, 0.3) is 11.4 Å². The van der Waals surface area contributed by atoms with Crippen LogP contribution >= 0.6 is 11.6 Å². The molecule has 11 heteroatoms. The number of anilines is 2. The number of carbonyl (C=O) groups is 2. The van der Waals surface area contributed by atoms with Crippen LogP contribution in [0.1, 0.15) is 16.8 Å². The Morgan fingerprint density at radius 1 is 1.31 bits per heavy atom. The molecule has 1 amide bonds. The van der Waals surface area contributed by atoms with Gasteiger partial charge in [0.05, 0.1) is 36.7 Å². The van der Waals surface area contributed by atoms with Crippen LogP contribution in [0, 0.1) is 5.82 Å². The zero-order valence-electron chi connectivity index (χ0n) is 16.8. The van der Waals surface area contributed by atoms with Crippen molar-refractivity contribution in [1.82, 2.24) is 20.3 Å². The second-order valence-corrected chi connectivity index (χ2v) is 7.20. The lowest BCUT2D eigenvalue weighted by Crippen LogP contribution is -2.38. The van der Waals surface area contributed by atoms with Gasteiger partial charge in [0, 0.05) is 23.8 Å². The summed E-state index contributed by atoms with van der Waals surface area (Å²) in [4.78, 5) is 36.9. The molecule has 0 unspecified atom stereocenters. The van der Waals surface area contributed by atoms with Gasteiger partial charge in [0.15, 0.2) is 17.4 Å². The van der Waals surface area contributed by atoms with Crippen molar-refractivity contribution in [2.75, 3.05) is 19.0 Å². The lowest BCUT2D eigenvalue weighted by molar-refractivity contribution is -0.139. The van der Waals surface area contributed by atoms with Gasteiger partial charge in [-0.1, -0.05) is 11.6 Å². The van der Waals surface area contributed by atoms with Crippen molar-refractivity contribution in [3.8, 4) is 17.1 Å². The summed E-state index contributed by atoms with van der Waals surface area (Å²) in [6.45, 7) is 0.253. The summed E-state index contributed by atoms with van der Waals surface area (Å²) < 4.78 is 24.5. The van der Waals surface area contributed by atoms with Gasteiger partial charge in [-0.15, -0.1) is 0 Å². The lowest BCUT2D eigenvalue weighted by Gasteiger charge is -2.15. The molecule has 2 aromatic heterocycles. The number of cyclic esters (lactones) is 1. The number of carbonyl (C=O) groups excluding carboxylic acids is 2. The Bertz CT molecular complexity index is 1190. The van der Waals surface area contributed by atoms with Gasteiger partial charge in [-0.3, -0.25) is 9.78 Å². The number of aromatic nitrogens is 3. The van der Waals surface area contributed by atoms with Gasteiger partial charge in [0.2, 0.25) is 0 Å². The number of rotatable bonds is 6. The number of benzene rings is 1. The van der Waals surface area contributed by atoms with E-state index in [0.29, 0.717) is 17.1 Å². The molecule has 164 valence electrons. The van der Waals surface area contributed by atoms with Gasteiger partial charge < -0.3 is 20.1 Å². The molecule has 0 bridgehead atoms. The maximum absolute atomic E-state index is 14.3. The van der Waals surface area contributed by atoms with Crippen LogP contribution in [0.15, 0.2) is 42.9 Å². The van der Waals surface area contributed by atoms with E-state index in [1.165, 1.54) is 43.9 Å². The third kappa shape index (κ3) is 4.45. The number of esters is 1. The molecular formula is C21H17ClFN5O4. The summed E-state index contributed by atoms with van der Waals surface area (Å²) >= 11 is 5.98. The van der Waals surface area contributed by atoms with Crippen LogP contribution in [0.5, 0.6) is 5.75 Å². The molecule has 0 radical (unpaired) electrons. The van der Waals surface area contributed by atoms with Crippen LogP contribution in [0.4, 0.5) is 15.9 Å². The van der Waals surface area contributed by atoms with Crippen molar-refractivity contribution >= 4 is 35.0 Å². The summed E-state index contributed by atoms with van der Waals surface area (Å²) in [5.74, 6) is -1.02. The van der Waals surface area contributed by atoms with Gasteiger partial charge in [0.25, 0.3) is 5.91 Å². The fourth-order valence-corrected chi connectivity index (χ4v) is 3.26. The van der Waals surface area contributed by atoms with E-state index in [1.807, 2.05) is 0 Å². The maximum atomic E-state index is 14.3. The summed E-state index contributed by atoms with van der Waals surface area (Å²) in [6.07, 6.45) is 4.60. The smallest absolute Gasteiger partial charge is 0.328 e. The highest BCUT2D eigenvalue weighted by Gasteiger charge is 2.29. The van der Waals surface area contributed by atoms with E-state index >= 15 is 0 Å². The number of ether oxygens (including phenoxy) is 2. The molecule has 1 fully saturated rings. The van der Waals surface area contributed by atoms with Crippen molar-refractivity contribution in [1.29, 1.82) is 0 Å². The number of hydrogen-bond donors (Lipinski definition) is 2. The largest absolute Gasteiger partial charge is 0.491 e. The lowest BCUT2D eigenvalue weighted by atomic mass is 10.2. The molecule has 4 rings (SSSR count). The third-order valence-corrected chi connectivity index (χ3v) is 4.94. The Balaban J connectivity index is 1.66. The Labute approximate surface area is 187 Å². The summed E-state index contributed by atoms with van der Waals surface area (Å²) in [6, 6.07) is 4.89. The second-order valence-electron chi connectivity index (χ2n) is 6.76. The van der Waals surface area contributed by atoms with Crippen LogP contribution in [-0.4, -0.2) is 46.6 Å². The molecule has 0 aliphatic carbocycles. The predicted octanol–water partition coefficient (Wildman–Crippen LogP) is 3.13. The molecule has 1 aromatic carbocycles. The molecule has 1 aliphatic rings. The minimum atomic E-state index is -0.721. The Kier molecular flexibility index (Phi) is 6.13. The van der Waals surface area contributed by atoms with Crippen LogP contribution < -0.4 is 15.4 Å². The Hall–Kier alpha value is -3.79. The zero-order chi connectivity index (χ0) is 22.7. The van der Waals surface area contributed by atoms with Crippen LogP contribution in [0.2, 0.25) is 5.02 Å². The van der Waals surface area contributed by atoms with Gasteiger partial charge in [0.1, 0.15) is 11.9 Å². The maximum Gasteiger partial charge on any atom is 0.328 e. The number of methoxy groups -OCH3 is 1. The molecule has 1 saturated heterocycles. The highest BCUT2D eigenvalue weighted by atomic mass is 35.5. The number of hydrogen-bond acceptors (Lipinski definition) is 8. The first-order chi connectivity index (χ1) is 15.5. The van der Waals surface area contributed by atoms with Crippen molar-refractivity contribution in [3.63, 3.8) is 0 Å². The topological polar surface area (TPSA) is 115 Å². The number of pyridine rings is 1. The number of halogens is 2. The third-order valence-electron chi connectivity index (χ3n) is 4.70. The Morgan fingerprint density at radius 2 is 2.16 bits per heavy atom. The predicted molar refractivity (Wildman–Crippen MR) is 113 cm³/mol. The van der Waals surface area contributed by atoms with Crippen LogP contribution in [-0.2, 0) is 9.53 Å². The van der Waals surface area contributed by atoms with E-state index in [0.717, 1.165) is 0 Å². The average Bonchev–Trinajstić information content (AvgIpc) is 3.20. The van der Waals surface area contributed by atoms with E-state index < -0.39 is 23.7 Å². The van der Waals surface area contributed by atoms with Gasteiger partial charge in [-0.25, -0.2) is 19.2 Å². The van der Waals surface area contributed by atoms with E-state index in [1.54, 1.807) is 6.07 Å². The molecule has 32 heavy (non-hydrogen) atoms. The second kappa shape index (κ2) is 9.15. The van der Waals surface area contributed by atoms with Gasteiger partial charge in [-0.2, -0.15) is 0 Å². The standard InChI is InChI=1S/C21H17ClFN5O4/c1-31-17-10-25-18(12-8-11(22)2-3-14(12)23)28-19(17)26-15-4-6-24-9-13(15)20(29)27-16-5-7-32-21(16)30/h2-4,6,8-10,16H,5,7H2,1H3,(H,27,29)(H,24,25,26,28)/t16-/m1/s1. The quantitative estimate of drug-likeness (QED) is 0.542. The molecule has 0 saturated carbocycles. The Morgan fingerprint density at radius 3 is 2.91 bits per heavy atom. The fourth-order valence-electron chi connectivity index (χ4n) is 3.08. The number of amides is 1.